The summed E-state index contributed by atoms with van der Waals surface area (Å²) in [5.41, 5.74) is 3.65. The van der Waals surface area contributed by atoms with Gasteiger partial charge in [-0.15, -0.1) is 0 Å². The van der Waals surface area contributed by atoms with Crippen molar-refractivity contribution in [2.75, 3.05) is 20.6 Å². The normalized spacial score (nSPS) is 39.8. The number of benzene rings is 1. The maximum atomic E-state index is 14.5. The van der Waals surface area contributed by atoms with Crippen LogP contribution in [-0.4, -0.2) is 59.6 Å². The Bertz CT molecular complexity index is 1560. The molecule has 0 spiro atoms. The largest absolute Gasteiger partial charge is 0.480 e. The van der Waals surface area contributed by atoms with Gasteiger partial charge in [-0.1, -0.05) is 65.0 Å². The number of aromatic carboxylic acids is 1. The van der Waals surface area contributed by atoms with Crippen LogP contribution in [0, 0.1) is 56.7 Å². The van der Waals surface area contributed by atoms with Crippen LogP contribution in [0.5, 0.6) is 0 Å². The number of fused-ring (bicyclic) bond motifs is 7. The number of carbonyl (C=O) groups is 3. The molecule has 3 N–H and O–H groups in total. The molecule has 1 aromatic rings. The minimum atomic E-state index is -0.979. The number of aliphatic carboxylic acids is 1. The smallest absolute Gasteiger partial charge is 0.335 e. The van der Waals surface area contributed by atoms with E-state index in [-0.39, 0.29) is 45.9 Å². The zero-order valence-corrected chi connectivity index (χ0v) is 31.2. The molecule has 1 amide bonds. The maximum absolute atomic E-state index is 14.5. The Morgan fingerprint density at radius 3 is 2.16 bits per heavy atom. The van der Waals surface area contributed by atoms with Gasteiger partial charge in [0.05, 0.1) is 11.0 Å². The summed E-state index contributed by atoms with van der Waals surface area (Å²) in [4.78, 5) is 40.1. The molecule has 6 rings (SSSR count). The Balaban J connectivity index is 1.34. The van der Waals surface area contributed by atoms with E-state index in [1.54, 1.807) is 12.1 Å². The second-order valence-corrected chi connectivity index (χ2v) is 18.4. The molecule has 10 unspecified atom stereocenters. The van der Waals surface area contributed by atoms with Gasteiger partial charge in [0.1, 0.15) is 6.04 Å². The summed E-state index contributed by atoms with van der Waals surface area (Å²) in [6.07, 6.45) is 11.6. The van der Waals surface area contributed by atoms with Crippen molar-refractivity contribution in [2.24, 2.45) is 56.7 Å². The van der Waals surface area contributed by atoms with Gasteiger partial charge >= 0.3 is 11.9 Å². The minimum absolute atomic E-state index is 0.0522. The third-order valence-corrected chi connectivity index (χ3v) is 15.7. The maximum Gasteiger partial charge on any atom is 0.335 e. The highest BCUT2D eigenvalue weighted by molar-refractivity contribution is 5.89. The van der Waals surface area contributed by atoms with E-state index in [9.17, 15) is 24.6 Å². The van der Waals surface area contributed by atoms with Gasteiger partial charge < -0.3 is 20.4 Å². The number of carbonyl (C=O) groups excluding carboxylic acids is 1. The summed E-state index contributed by atoms with van der Waals surface area (Å²) in [6, 6.07) is 6.51. The molecule has 5 aliphatic rings. The molecule has 268 valence electrons. The van der Waals surface area contributed by atoms with Crippen molar-refractivity contribution in [1.29, 1.82) is 0 Å². The number of nitrogens with zero attached hydrogens (tertiary/aromatic N) is 1. The summed E-state index contributed by atoms with van der Waals surface area (Å²) < 4.78 is 0. The minimum Gasteiger partial charge on any atom is -0.480 e. The number of rotatable bonds is 8. The van der Waals surface area contributed by atoms with E-state index in [1.165, 1.54) is 5.57 Å². The lowest BCUT2D eigenvalue weighted by Gasteiger charge is -2.72. The van der Waals surface area contributed by atoms with Crippen molar-refractivity contribution in [3.05, 3.63) is 53.6 Å². The molecule has 0 radical (unpaired) electrons. The van der Waals surface area contributed by atoms with Gasteiger partial charge in [0.2, 0.25) is 5.91 Å². The van der Waals surface area contributed by atoms with E-state index in [1.807, 2.05) is 31.1 Å². The summed E-state index contributed by atoms with van der Waals surface area (Å²) >= 11 is 0. The third kappa shape index (κ3) is 5.26. The van der Waals surface area contributed by atoms with E-state index >= 15 is 0 Å². The highest BCUT2D eigenvalue weighted by atomic mass is 16.4. The van der Waals surface area contributed by atoms with Crippen molar-refractivity contribution in [1.82, 2.24) is 10.2 Å². The molecular formula is C42H60N2O5. The second kappa shape index (κ2) is 12.1. The fourth-order valence-electron chi connectivity index (χ4n) is 13.3. The van der Waals surface area contributed by atoms with Crippen LogP contribution >= 0.6 is 0 Å². The molecule has 7 nitrogen and oxygen atoms in total. The summed E-state index contributed by atoms with van der Waals surface area (Å²) in [6.45, 7) is 19.4. The quantitative estimate of drug-likeness (QED) is 0.241. The Morgan fingerprint density at radius 1 is 0.898 bits per heavy atom. The van der Waals surface area contributed by atoms with E-state index in [0.717, 1.165) is 68.9 Å². The first-order valence-electron chi connectivity index (χ1n) is 18.7. The summed E-state index contributed by atoms with van der Waals surface area (Å²) in [7, 11) is 3.69. The van der Waals surface area contributed by atoms with Crippen molar-refractivity contribution in [3.8, 4) is 0 Å². The predicted molar refractivity (Wildman–Crippen MR) is 194 cm³/mol. The standard InChI is InChI=1S/C42H60N2O5/c1-25(2)28-16-21-42(37(49)43-31(36(47)48)24-44(8)9)23-22-40(6)30(34(28)42)14-15-33-39(5)19-17-29(26-10-12-27(13-11-26)35(45)46)38(3,4)32(39)18-20-41(33,40)7/h10-13,17,28,30-34H,1,14-16,18-24H2,2-9H3,(H,43,49)(H,45,46)(H,47,48). The Hall–Kier alpha value is -2.93. The molecule has 10 atom stereocenters. The van der Waals surface area contributed by atoms with Crippen LogP contribution < -0.4 is 5.32 Å². The third-order valence-electron chi connectivity index (χ3n) is 15.7. The van der Waals surface area contributed by atoms with Crippen LogP contribution in [0.3, 0.4) is 0 Å². The van der Waals surface area contributed by atoms with Crippen LogP contribution in [0.25, 0.3) is 5.57 Å². The number of likely N-dealkylation sites (N-methyl/N-ethyl adjacent to an activating group) is 1. The van der Waals surface area contributed by atoms with E-state index < -0.39 is 23.4 Å². The molecule has 0 aromatic heterocycles. The summed E-state index contributed by atoms with van der Waals surface area (Å²) in [5, 5.41) is 22.5. The van der Waals surface area contributed by atoms with Crippen LogP contribution in [-0.2, 0) is 9.59 Å². The molecule has 4 fully saturated rings. The van der Waals surface area contributed by atoms with Crippen molar-refractivity contribution in [3.63, 3.8) is 0 Å². The zero-order chi connectivity index (χ0) is 35.9. The average molecular weight is 673 g/mol. The van der Waals surface area contributed by atoms with Crippen LogP contribution in [0.15, 0.2) is 42.5 Å². The Morgan fingerprint density at radius 2 is 1.57 bits per heavy atom. The molecule has 0 aliphatic heterocycles. The number of hydrogen-bond acceptors (Lipinski definition) is 4. The number of allylic oxidation sites excluding steroid dienone is 3. The van der Waals surface area contributed by atoms with Crippen molar-refractivity contribution >= 4 is 23.4 Å². The van der Waals surface area contributed by atoms with Gasteiger partial charge in [0, 0.05) is 6.54 Å². The monoisotopic (exact) mass is 672 g/mol. The fourth-order valence-corrected chi connectivity index (χ4v) is 13.3. The molecule has 1 aromatic carbocycles. The van der Waals surface area contributed by atoms with Crippen molar-refractivity contribution in [2.45, 2.75) is 105 Å². The fraction of sp³-hybridized carbons (Fsp3) is 0.690. The van der Waals surface area contributed by atoms with E-state index in [2.05, 4.69) is 59.5 Å². The highest BCUT2D eigenvalue weighted by Crippen LogP contribution is 2.77. The number of hydrogen-bond donors (Lipinski definition) is 3. The zero-order valence-electron chi connectivity index (χ0n) is 31.2. The van der Waals surface area contributed by atoms with Gasteiger partial charge in [0.15, 0.2) is 0 Å². The van der Waals surface area contributed by atoms with E-state index in [4.69, 9.17) is 0 Å². The lowest BCUT2D eigenvalue weighted by Crippen LogP contribution is -2.66. The van der Waals surface area contributed by atoms with E-state index in [0.29, 0.717) is 23.3 Å². The molecule has 0 saturated heterocycles. The molecule has 0 heterocycles. The molecule has 49 heavy (non-hydrogen) atoms. The first-order valence-corrected chi connectivity index (χ1v) is 18.7. The van der Waals surface area contributed by atoms with Gasteiger partial charge in [-0.3, -0.25) is 4.79 Å². The number of amides is 1. The molecular weight excluding hydrogens is 612 g/mol. The number of nitrogens with one attached hydrogen (secondary N) is 1. The van der Waals surface area contributed by atoms with Gasteiger partial charge in [-0.25, -0.2) is 9.59 Å². The van der Waals surface area contributed by atoms with Gasteiger partial charge in [-0.05, 0) is 153 Å². The lowest BCUT2D eigenvalue weighted by atomic mass is 9.32. The topological polar surface area (TPSA) is 107 Å². The number of carboxylic acids is 2. The van der Waals surface area contributed by atoms with Gasteiger partial charge in [-0.2, -0.15) is 0 Å². The first kappa shape index (κ1) is 35.9. The van der Waals surface area contributed by atoms with Crippen LogP contribution in [0.4, 0.5) is 0 Å². The lowest BCUT2D eigenvalue weighted by molar-refractivity contribution is -0.225. The summed E-state index contributed by atoms with van der Waals surface area (Å²) in [5.74, 6) is -0.0517. The predicted octanol–water partition coefficient (Wildman–Crippen LogP) is 8.17. The molecule has 5 aliphatic carbocycles. The average Bonchev–Trinajstić information content (AvgIpc) is 3.42. The van der Waals surface area contributed by atoms with Crippen molar-refractivity contribution < 1.29 is 24.6 Å². The second-order valence-electron chi connectivity index (χ2n) is 18.4. The highest BCUT2D eigenvalue weighted by Gasteiger charge is 2.71. The molecule has 4 saturated carbocycles. The molecule has 7 heteroatoms. The number of carboxylic acid groups (broad SMARTS) is 2. The molecule has 0 bridgehead atoms. The van der Waals surface area contributed by atoms with Crippen LogP contribution in [0.2, 0.25) is 0 Å². The van der Waals surface area contributed by atoms with Crippen LogP contribution in [0.1, 0.15) is 115 Å². The Labute approximate surface area is 294 Å². The Kier molecular flexibility index (Phi) is 8.86. The SMILES string of the molecule is C=C(C)C1CCC2(C(=O)NC(CN(C)C)C(=O)O)CCC3(C)C(CCC4C5(C)CC=C(c6ccc(C(=O)O)cc6)C(C)(C)C5CCC43C)C12. The first-order chi connectivity index (χ1) is 22.8. The van der Waals surface area contributed by atoms with Gasteiger partial charge in [0.25, 0.3) is 0 Å².